The molecule has 2 bridgehead atoms. The van der Waals surface area contributed by atoms with Crippen LogP contribution in [0.2, 0.25) is 0 Å². The molecule has 1 saturated carbocycles. The highest BCUT2D eigenvalue weighted by Gasteiger charge is 2.25. The van der Waals surface area contributed by atoms with E-state index >= 15 is 0 Å². The molecule has 2 nitrogen and oxygen atoms in total. The molecule has 1 saturated heterocycles. The maximum atomic E-state index is 5.75. The van der Waals surface area contributed by atoms with Gasteiger partial charge in [0.05, 0.1) is 6.10 Å². The van der Waals surface area contributed by atoms with E-state index in [4.69, 9.17) is 9.47 Å². The summed E-state index contributed by atoms with van der Waals surface area (Å²) >= 11 is 0. The van der Waals surface area contributed by atoms with Gasteiger partial charge in [0.2, 0.25) is 0 Å². The monoisotopic (exact) mass is 170 g/mol. The van der Waals surface area contributed by atoms with Crippen LogP contribution in [0.25, 0.3) is 0 Å². The summed E-state index contributed by atoms with van der Waals surface area (Å²) in [7, 11) is 0. The summed E-state index contributed by atoms with van der Waals surface area (Å²) in [6.07, 6.45) is 6.69. The summed E-state index contributed by atoms with van der Waals surface area (Å²) in [6, 6.07) is 0. The van der Waals surface area contributed by atoms with Gasteiger partial charge in [-0.05, 0) is 38.0 Å². The van der Waals surface area contributed by atoms with Crippen LogP contribution < -0.4 is 0 Å². The van der Waals surface area contributed by atoms with Gasteiger partial charge in [-0.2, -0.15) is 0 Å². The third kappa shape index (κ3) is 2.20. The molecule has 0 radical (unpaired) electrons. The Labute approximate surface area is 74.2 Å². The van der Waals surface area contributed by atoms with E-state index in [1.165, 1.54) is 32.1 Å². The third-order valence-electron chi connectivity index (χ3n) is 2.88. The van der Waals surface area contributed by atoms with Crippen LogP contribution in [0.3, 0.4) is 0 Å². The van der Waals surface area contributed by atoms with Crippen molar-refractivity contribution in [2.75, 3.05) is 19.8 Å². The highest BCUT2D eigenvalue weighted by molar-refractivity contribution is 4.76. The lowest BCUT2D eigenvalue weighted by molar-refractivity contribution is 0.0276. The van der Waals surface area contributed by atoms with Crippen molar-refractivity contribution in [2.45, 2.75) is 38.2 Å². The van der Waals surface area contributed by atoms with E-state index in [0.29, 0.717) is 6.10 Å². The molecule has 2 aliphatic rings. The molecular formula is C10H18O2. The Balaban J connectivity index is 1.82. The normalized spacial score (nSPS) is 38.0. The van der Waals surface area contributed by atoms with E-state index in [9.17, 15) is 0 Å². The van der Waals surface area contributed by atoms with Gasteiger partial charge in [-0.1, -0.05) is 0 Å². The smallest absolute Gasteiger partial charge is 0.0578 e. The molecule has 0 amide bonds. The van der Waals surface area contributed by atoms with Gasteiger partial charge in [-0.3, -0.25) is 0 Å². The number of hydrogen-bond acceptors (Lipinski definition) is 2. The van der Waals surface area contributed by atoms with Crippen LogP contribution in [0.1, 0.15) is 32.1 Å². The van der Waals surface area contributed by atoms with Crippen molar-refractivity contribution in [1.82, 2.24) is 0 Å². The Bertz CT molecular complexity index is 122. The SMILES string of the molecule is C1CCOC2CCC(COC1)C2. The van der Waals surface area contributed by atoms with Crippen LogP contribution in [-0.4, -0.2) is 25.9 Å². The summed E-state index contributed by atoms with van der Waals surface area (Å²) in [5.41, 5.74) is 0. The standard InChI is InChI=1S/C10H18O2/c1-2-6-12-10-4-3-9(7-10)8-11-5-1/h9-10H,1-8H2. The summed E-state index contributed by atoms with van der Waals surface area (Å²) in [5, 5.41) is 0. The van der Waals surface area contributed by atoms with Gasteiger partial charge in [0, 0.05) is 19.8 Å². The minimum absolute atomic E-state index is 0.552. The molecule has 0 N–H and O–H groups in total. The lowest BCUT2D eigenvalue weighted by Crippen LogP contribution is -2.14. The van der Waals surface area contributed by atoms with E-state index in [2.05, 4.69) is 0 Å². The van der Waals surface area contributed by atoms with Crippen LogP contribution >= 0.6 is 0 Å². The van der Waals surface area contributed by atoms with Gasteiger partial charge in [-0.25, -0.2) is 0 Å². The average Bonchev–Trinajstić information content (AvgIpc) is 2.51. The molecule has 1 aliphatic heterocycles. The van der Waals surface area contributed by atoms with Crippen molar-refractivity contribution in [1.29, 1.82) is 0 Å². The molecule has 1 aliphatic carbocycles. The zero-order valence-electron chi connectivity index (χ0n) is 7.63. The van der Waals surface area contributed by atoms with E-state index in [1.54, 1.807) is 0 Å². The number of rotatable bonds is 0. The van der Waals surface area contributed by atoms with Gasteiger partial charge in [0.25, 0.3) is 0 Å². The molecule has 0 aromatic carbocycles. The van der Waals surface area contributed by atoms with Crippen molar-refractivity contribution in [3.63, 3.8) is 0 Å². The first-order chi connectivity index (χ1) is 5.95. The molecule has 2 rings (SSSR count). The number of hydrogen-bond donors (Lipinski definition) is 0. The maximum absolute atomic E-state index is 5.75. The predicted molar refractivity (Wildman–Crippen MR) is 47.1 cm³/mol. The molecule has 2 heteroatoms. The fourth-order valence-corrected chi connectivity index (χ4v) is 2.14. The van der Waals surface area contributed by atoms with Crippen molar-refractivity contribution in [2.24, 2.45) is 5.92 Å². The lowest BCUT2D eigenvalue weighted by atomic mass is 10.1. The van der Waals surface area contributed by atoms with Crippen LogP contribution in [0.15, 0.2) is 0 Å². The molecule has 1 heterocycles. The van der Waals surface area contributed by atoms with Crippen LogP contribution in [0, 0.1) is 5.92 Å². The first-order valence-electron chi connectivity index (χ1n) is 5.14. The first-order valence-corrected chi connectivity index (χ1v) is 5.14. The van der Waals surface area contributed by atoms with E-state index in [0.717, 1.165) is 25.7 Å². The Morgan fingerprint density at radius 2 is 1.92 bits per heavy atom. The number of fused-ring (bicyclic) bond motifs is 2. The maximum Gasteiger partial charge on any atom is 0.0578 e. The minimum atomic E-state index is 0.552. The van der Waals surface area contributed by atoms with Crippen molar-refractivity contribution >= 4 is 0 Å². The topological polar surface area (TPSA) is 18.5 Å². The average molecular weight is 170 g/mol. The summed E-state index contributed by atoms with van der Waals surface area (Å²) < 4.78 is 11.3. The van der Waals surface area contributed by atoms with Crippen molar-refractivity contribution in [3.8, 4) is 0 Å². The predicted octanol–water partition coefficient (Wildman–Crippen LogP) is 1.98. The fourth-order valence-electron chi connectivity index (χ4n) is 2.14. The zero-order valence-corrected chi connectivity index (χ0v) is 7.63. The molecule has 2 atom stereocenters. The fraction of sp³-hybridized carbons (Fsp3) is 1.00. The van der Waals surface area contributed by atoms with Crippen LogP contribution in [0.5, 0.6) is 0 Å². The summed E-state index contributed by atoms with van der Waals surface area (Å²) in [5.74, 6) is 0.785. The van der Waals surface area contributed by atoms with Gasteiger partial charge in [0.1, 0.15) is 0 Å². The molecular weight excluding hydrogens is 152 g/mol. The third-order valence-corrected chi connectivity index (χ3v) is 2.88. The zero-order chi connectivity index (χ0) is 8.23. The van der Waals surface area contributed by atoms with E-state index in [-0.39, 0.29) is 0 Å². The Hall–Kier alpha value is -0.0800. The largest absolute Gasteiger partial charge is 0.381 e. The minimum Gasteiger partial charge on any atom is -0.381 e. The molecule has 2 unspecified atom stereocenters. The summed E-state index contributed by atoms with van der Waals surface area (Å²) in [4.78, 5) is 0. The Morgan fingerprint density at radius 1 is 1.00 bits per heavy atom. The first kappa shape index (κ1) is 8.52. The van der Waals surface area contributed by atoms with Crippen molar-refractivity contribution < 1.29 is 9.47 Å². The van der Waals surface area contributed by atoms with Crippen LogP contribution in [0.4, 0.5) is 0 Å². The molecule has 0 aromatic heterocycles. The Kier molecular flexibility index (Phi) is 3.01. The second-order valence-electron chi connectivity index (χ2n) is 3.95. The summed E-state index contributed by atoms with van der Waals surface area (Å²) in [6.45, 7) is 2.85. The molecule has 0 aromatic rings. The van der Waals surface area contributed by atoms with Crippen molar-refractivity contribution in [3.05, 3.63) is 0 Å². The van der Waals surface area contributed by atoms with Gasteiger partial charge >= 0.3 is 0 Å². The highest BCUT2D eigenvalue weighted by atomic mass is 16.5. The number of ether oxygens (including phenoxy) is 2. The Morgan fingerprint density at radius 3 is 2.92 bits per heavy atom. The lowest BCUT2D eigenvalue weighted by Gasteiger charge is -2.15. The second kappa shape index (κ2) is 4.24. The second-order valence-corrected chi connectivity index (χ2v) is 3.95. The van der Waals surface area contributed by atoms with Gasteiger partial charge in [0.15, 0.2) is 0 Å². The van der Waals surface area contributed by atoms with Gasteiger partial charge < -0.3 is 9.47 Å². The highest BCUT2D eigenvalue weighted by Crippen LogP contribution is 2.28. The van der Waals surface area contributed by atoms with Gasteiger partial charge in [-0.15, -0.1) is 0 Å². The molecule has 70 valence electrons. The van der Waals surface area contributed by atoms with E-state index < -0.39 is 0 Å². The molecule has 12 heavy (non-hydrogen) atoms. The van der Waals surface area contributed by atoms with E-state index in [1.807, 2.05) is 0 Å². The quantitative estimate of drug-likeness (QED) is 0.553. The molecule has 2 fully saturated rings. The molecule has 0 spiro atoms. The van der Waals surface area contributed by atoms with Crippen LogP contribution in [-0.2, 0) is 9.47 Å².